The summed E-state index contributed by atoms with van der Waals surface area (Å²) >= 11 is 0. The summed E-state index contributed by atoms with van der Waals surface area (Å²) in [6.07, 6.45) is 6.26. The highest BCUT2D eigenvalue weighted by atomic mass is 32.2. The summed E-state index contributed by atoms with van der Waals surface area (Å²) in [4.78, 5) is 0.483. The van der Waals surface area contributed by atoms with Gasteiger partial charge in [-0.3, -0.25) is 0 Å². The fourth-order valence-electron chi connectivity index (χ4n) is 7.27. The van der Waals surface area contributed by atoms with Crippen LogP contribution in [-0.2, 0) is 19.7 Å². The number of hydrogen-bond acceptors (Lipinski definition) is 4. The van der Waals surface area contributed by atoms with Gasteiger partial charge in [0.15, 0.2) is 19.7 Å². The van der Waals surface area contributed by atoms with Gasteiger partial charge in [-0.2, -0.15) is 0 Å². The first-order chi connectivity index (χ1) is 14.4. The molecule has 3 saturated carbocycles. The predicted molar refractivity (Wildman–Crippen MR) is 114 cm³/mol. The van der Waals surface area contributed by atoms with E-state index in [4.69, 9.17) is 0 Å². The number of allylic oxidation sites excluding steroid dienone is 2. The van der Waals surface area contributed by atoms with Crippen LogP contribution in [0.1, 0.15) is 12.8 Å². The van der Waals surface area contributed by atoms with Crippen molar-refractivity contribution in [1.82, 2.24) is 0 Å². The molecule has 0 unspecified atom stereocenters. The zero-order valence-corrected chi connectivity index (χ0v) is 18.0. The maximum atomic E-state index is 13.8. The van der Waals surface area contributed by atoms with Crippen LogP contribution in [0, 0.1) is 35.5 Å². The maximum Gasteiger partial charge on any atom is 0.182 e. The second-order valence-electron chi connectivity index (χ2n) is 9.31. The molecule has 156 valence electrons. The van der Waals surface area contributed by atoms with E-state index in [-0.39, 0.29) is 21.6 Å². The topological polar surface area (TPSA) is 68.3 Å². The second-order valence-corrected chi connectivity index (χ2v) is 13.5. The lowest BCUT2D eigenvalue weighted by atomic mass is 9.73. The molecule has 6 rings (SSSR count). The van der Waals surface area contributed by atoms with Crippen LogP contribution in [0.25, 0.3) is 0 Å². The summed E-state index contributed by atoms with van der Waals surface area (Å²) in [5.74, 6) is 1.24. The minimum absolute atomic E-state index is 0.0892. The Morgan fingerprint density at radius 1 is 0.567 bits per heavy atom. The normalized spacial score (nSPS) is 38.8. The van der Waals surface area contributed by atoms with Crippen molar-refractivity contribution in [1.29, 1.82) is 0 Å². The monoisotopic (exact) mass is 440 g/mol. The molecule has 3 fully saturated rings. The van der Waals surface area contributed by atoms with E-state index in [1.54, 1.807) is 60.7 Å². The van der Waals surface area contributed by atoms with Gasteiger partial charge >= 0.3 is 0 Å². The van der Waals surface area contributed by atoms with Crippen molar-refractivity contribution in [3.8, 4) is 0 Å². The molecule has 2 aromatic rings. The predicted octanol–water partition coefficient (Wildman–Crippen LogP) is 3.76. The molecule has 0 saturated heterocycles. The minimum Gasteiger partial charge on any atom is -0.223 e. The zero-order valence-electron chi connectivity index (χ0n) is 16.4. The number of sulfone groups is 2. The van der Waals surface area contributed by atoms with Gasteiger partial charge in [-0.25, -0.2) is 16.8 Å². The minimum atomic E-state index is -3.77. The number of hydrogen-bond donors (Lipinski definition) is 0. The Morgan fingerprint density at radius 3 is 1.37 bits per heavy atom. The summed E-state index contributed by atoms with van der Waals surface area (Å²) < 4.78 is 55.3. The molecule has 4 bridgehead atoms. The van der Waals surface area contributed by atoms with Crippen LogP contribution in [0.3, 0.4) is 0 Å². The Kier molecular flexibility index (Phi) is 3.95. The van der Waals surface area contributed by atoms with Crippen LogP contribution in [0.4, 0.5) is 0 Å². The standard InChI is InChI=1S/C24H24O4S2/c25-29(26,17-7-3-1-4-8-17)23-19-14-20(22-16-12-11-15(13-16)21(19)22)24(23)30(27,28)18-9-5-2-6-10-18/h1-12,15-16,19-24H,13-14H2/t15-,16-,19-,20-,21-,22+,23-,24+/m0/s1. The Hall–Kier alpha value is -1.92. The summed E-state index contributed by atoms with van der Waals surface area (Å²) in [6.45, 7) is 0. The van der Waals surface area contributed by atoms with Crippen molar-refractivity contribution in [2.45, 2.75) is 33.1 Å². The summed E-state index contributed by atoms with van der Waals surface area (Å²) in [7, 11) is -7.54. The van der Waals surface area contributed by atoms with E-state index in [1.165, 1.54) is 0 Å². The average molecular weight is 441 g/mol. The third-order valence-corrected chi connectivity index (χ3v) is 12.9. The Labute approximate surface area is 177 Å². The number of rotatable bonds is 4. The number of benzene rings is 2. The molecule has 4 nitrogen and oxygen atoms in total. The highest BCUT2D eigenvalue weighted by Gasteiger charge is 2.70. The molecule has 6 heteroatoms. The summed E-state index contributed by atoms with van der Waals surface area (Å²) in [5.41, 5.74) is 0. The Balaban J connectivity index is 1.52. The summed E-state index contributed by atoms with van der Waals surface area (Å²) in [6, 6.07) is 16.8. The van der Waals surface area contributed by atoms with E-state index < -0.39 is 30.2 Å². The van der Waals surface area contributed by atoms with Crippen LogP contribution in [0.15, 0.2) is 82.6 Å². The van der Waals surface area contributed by atoms with Crippen molar-refractivity contribution in [3.05, 3.63) is 72.8 Å². The van der Waals surface area contributed by atoms with Gasteiger partial charge in [0.2, 0.25) is 0 Å². The zero-order chi connectivity index (χ0) is 20.7. The van der Waals surface area contributed by atoms with Crippen molar-refractivity contribution < 1.29 is 16.8 Å². The van der Waals surface area contributed by atoms with E-state index in [9.17, 15) is 16.8 Å². The molecule has 0 heterocycles. The van der Waals surface area contributed by atoms with Crippen molar-refractivity contribution in [2.24, 2.45) is 35.5 Å². The van der Waals surface area contributed by atoms with Gasteiger partial charge in [0.25, 0.3) is 0 Å². The van der Waals surface area contributed by atoms with Gasteiger partial charge in [0, 0.05) is 0 Å². The molecule has 0 N–H and O–H groups in total. The van der Waals surface area contributed by atoms with Crippen LogP contribution in [0.5, 0.6) is 0 Å². The first kappa shape index (κ1) is 18.8. The highest BCUT2D eigenvalue weighted by Crippen LogP contribution is 2.68. The molecule has 0 radical (unpaired) electrons. The van der Waals surface area contributed by atoms with Gasteiger partial charge < -0.3 is 0 Å². The molecule has 4 aliphatic carbocycles. The van der Waals surface area contributed by atoms with Crippen LogP contribution < -0.4 is 0 Å². The van der Waals surface area contributed by atoms with Crippen molar-refractivity contribution in [2.75, 3.05) is 0 Å². The molecule has 0 aliphatic heterocycles. The molecule has 8 atom stereocenters. The second kappa shape index (κ2) is 6.30. The third-order valence-electron chi connectivity index (χ3n) is 8.14. The molecule has 30 heavy (non-hydrogen) atoms. The van der Waals surface area contributed by atoms with Crippen molar-refractivity contribution in [3.63, 3.8) is 0 Å². The molecule has 4 aliphatic rings. The van der Waals surface area contributed by atoms with Crippen LogP contribution in [0.2, 0.25) is 0 Å². The van der Waals surface area contributed by atoms with E-state index in [0.717, 1.165) is 6.42 Å². The molecule has 0 spiro atoms. The van der Waals surface area contributed by atoms with Crippen LogP contribution in [-0.4, -0.2) is 27.3 Å². The molecule has 0 amide bonds. The van der Waals surface area contributed by atoms with E-state index in [0.29, 0.717) is 30.1 Å². The SMILES string of the molecule is O=S(=O)(c1ccccc1)[C@@H]1[C@H]2C[C@@H]([C@H]3[C@@H]2[C@H]2C=C[C@H]3C2)[C@@H]1S(=O)(=O)c1ccccc1. The highest BCUT2D eigenvalue weighted by molar-refractivity contribution is 7.96. The lowest BCUT2D eigenvalue weighted by Gasteiger charge is -2.41. The first-order valence-corrected chi connectivity index (χ1v) is 13.8. The Bertz CT molecular complexity index is 1120. The average Bonchev–Trinajstić information content (AvgIpc) is 3.53. The van der Waals surface area contributed by atoms with E-state index in [2.05, 4.69) is 12.2 Å². The quantitative estimate of drug-likeness (QED) is 0.536. The molecular weight excluding hydrogens is 416 g/mol. The molecule has 0 aromatic heterocycles. The first-order valence-electron chi connectivity index (χ1n) is 10.7. The fraction of sp³-hybridized carbons (Fsp3) is 0.417. The Morgan fingerprint density at radius 2 is 0.967 bits per heavy atom. The van der Waals surface area contributed by atoms with Gasteiger partial charge in [-0.05, 0) is 72.6 Å². The van der Waals surface area contributed by atoms with Gasteiger partial charge in [-0.15, -0.1) is 0 Å². The third kappa shape index (κ3) is 2.38. The smallest absolute Gasteiger partial charge is 0.182 e. The van der Waals surface area contributed by atoms with E-state index >= 15 is 0 Å². The lowest BCUT2D eigenvalue weighted by molar-refractivity contribution is 0.209. The van der Waals surface area contributed by atoms with Crippen LogP contribution >= 0.6 is 0 Å². The van der Waals surface area contributed by atoms with E-state index in [1.807, 2.05) is 0 Å². The van der Waals surface area contributed by atoms with Gasteiger partial charge in [-0.1, -0.05) is 48.6 Å². The number of fused-ring (bicyclic) bond motifs is 9. The summed E-state index contributed by atoms with van der Waals surface area (Å²) in [5, 5.41) is -1.74. The lowest BCUT2D eigenvalue weighted by Crippen LogP contribution is -2.50. The van der Waals surface area contributed by atoms with Crippen molar-refractivity contribution >= 4 is 19.7 Å². The maximum absolute atomic E-state index is 13.8. The molecule has 2 aromatic carbocycles. The van der Waals surface area contributed by atoms with Gasteiger partial charge in [0.1, 0.15) is 0 Å². The van der Waals surface area contributed by atoms with Gasteiger partial charge in [0.05, 0.1) is 20.3 Å². The molecular formula is C24H24O4S2. The fourth-order valence-corrected chi connectivity index (χ4v) is 12.5. The largest absolute Gasteiger partial charge is 0.223 e.